The molecule has 1 aromatic carbocycles. The van der Waals surface area contributed by atoms with Crippen molar-refractivity contribution in [2.75, 3.05) is 0 Å². The predicted molar refractivity (Wildman–Crippen MR) is 124 cm³/mol. The van der Waals surface area contributed by atoms with Gasteiger partial charge in [0.1, 0.15) is 17.7 Å². The van der Waals surface area contributed by atoms with Gasteiger partial charge in [-0.25, -0.2) is 4.79 Å². The van der Waals surface area contributed by atoms with E-state index in [2.05, 4.69) is 16.6 Å². The Labute approximate surface area is 191 Å². The number of nitrogens with one attached hydrogen (secondary N) is 2. The Bertz CT molecular complexity index is 884. The van der Waals surface area contributed by atoms with Gasteiger partial charge in [0, 0.05) is 17.1 Å². The normalized spacial score (nSPS) is 15.7. The molecule has 0 heterocycles. The lowest BCUT2D eigenvalue weighted by Crippen LogP contribution is -2.54. The summed E-state index contributed by atoms with van der Waals surface area (Å²) in [5, 5.41) is 5.59. The number of carbonyl (C=O) groups is 3. The van der Waals surface area contributed by atoms with Crippen LogP contribution < -0.4 is 10.6 Å². The van der Waals surface area contributed by atoms with E-state index in [1.165, 1.54) is 0 Å². The summed E-state index contributed by atoms with van der Waals surface area (Å²) < 4.78 is 5.28. The quantitative estimate of drug-likeness (QED) is 0.661. The SMILES string of the molecule is C#Cc1ccc(C(C(=O)NC(C)(C)C)N(C(=O)C(C)NC(=O)OC(C)(C)C)C2CC2)cc1. The average molecular weight is 442 g/mol. The van der Waals surface area contributed by atoms with Crippen LogP contribution in [0.4, 0.5) is 4.79 Å². The highest BCUT2D eigenvalue weighted by atomic mass is 16.6. The van der Waals surface area contributed by atoms with Gasteiger partial charge in [0.15, 0.2) is 0 Å². The van der Waals surface area contributed by atoms with Gasteiger partial charge in [-0.1, -0.05) is 18.1 Å². The molecule has 1 aliphatic carbocycles. The summed E-state index contributed by atoms with van der Waals surface area (Å²) >= 11 is 0. The molecule has 174 valence electrons. The molecular weight excluding hydrogens is 406 g/mol. The van der Waals surface area contributed by atoms with Crippen LogP contribution >= 0.6 is 0 Å². The number of amides is 3. The third-order valence-electron chi connectivity index (χ3n) is 4.72. The number of hydrogen-bond acceptors (Lipinski definition) is 4. The summed E-state index contributed by atoms with van der Waals surface area (Å²) in [5.74, 6) is 1.94. The maximum Gasteiger partial charge on any atom is 0.408 e. The lowest BCUT2D eigenvalue weighted by atomic mass is 9.99. The van der Waals surface area contributed by atoms with E-state index in [1.807, 2.05) is 20.8 Å². The van der Waals surface area contributed by atoms with Crippen LogP contribution in [-0.2, 0) is 14.3 Å². The fraction of sp³-hybridized carbons (Fsp3) is 0.560. The standard InChI is InChI=1S/C25H35N3O4/c1-9-17-10-12-18(13-11-17)20(21(29)27-24(3,4)5)28(19-14-15-19)22(30)16(2)26-23(31)32-25(6,7)8/h1,10-13,16,19-20H,14-15H2,2-8H3,(H,26,31)(H,27,29). The van der Waals surface area contributed by atoms with Crippen LogP contribution in [-0.4, -0.2) is 46.0 Å². The number of benzene rings is 1. The van der Waals surface area contributed by atoms with Crippen LogP contribution in [0.2, 0.25) is 0 Å². The second kappa shape index (κ2) is 9.64. The average Bonchev–Trinajstić information content (AvgIpc) is 3.47. The molecule has 2 atom stereocenters. The van der Waals surface area contributed by atoms with Gasteiger partial charge in [-0.3, -0.25) is 9.59 Å². The van der Waals surface area contributed by atoms with Gasteiger partial charge >= 0.3 is 6.09 Å². The van der Waals surface area contributed by atoms with Gasteiger partial charge in [-0.15, -0.1) is 6.42 Å². The Morgan fingerprint density at radius 2 is 1.66 bits per heavy atom. The maximum atomic E-state index is 13.5. The Morgan fingerprint density at radius 3 is 2.09 bits per heavy atom. The maximum absolute atomic E-state index is 13.5. The first kappa shape index (κ1) is 25.3. The van der Waals surface area contributed by atoms with Crippen LogP contribution in [0, 0.1) is 12.3 Å². The van der Waals surface area contributed by atoms with Gasteiger partial charge in [-0.2, -0.15) is 0 Å². The molecule has 7 heteroatoms. The Kier molecular flexibility index (Phi) is 7.61. The van der Waals surface area contributed by atoms with Crippen LogP contribution in [0.15, 0.2) is 24.3 Å². The number of hydrogen-bond donors (Lipinski definition) is 2. The molecule has 3 amide bonds. The largest absolute Gasteiger partial charge is 0.444 e. The summed E-state index contributed by atoms with van der Waals surface area (Å²) in [4.78, 5) is 40.6. The highest BCUT2D eigenvalue weighted by Gasteiger charge is 2.43. The van der Waals surface area contributed by atoms with Crippen LogP contribution in [0.25, 0.3) is 0 Å². The van der Waals surface area contributed by atoms with E-state index in [-0.39, 0.29) is 17.9 Å². The van der Waals surface area contributed by atoms with Gasteiger partial charge in [-0.05, 0) is 79.0 Å². The first-order valence-corrected chi connectivity index (χ1v) is 10.9. The van der Waals surface area contributed by atoms with Gasteiger partial charge < -0.3 is 20.3 Å². The molecule has 0 bridgehead atoms. The third-order valence-corrected chi connectivity index (χ3v) is 4.72. The van der Waals surface area contributed by atoms with Crippen molar-refractivity contribution in [1.82, 2.24) is 15.5 Å². The van der Waals surface area contributed by atoms with E-state index in [1.54, 1.807) is 56.9 Å². The van der Waals surface area contributed by atoms with Crippen LogP contribution in [0.3, 0.4) is 0 Å². The molecule has 1 aliphatic rings. The molecule has 0 aromatic heterocycles. The van der Waals surface area contributed by atoms with Crippen LogP contribution in [0.5, 0.6) is 0 Å². The first-order chi connectivity index (χ1) is 14.7. The van der Waals surface area contributed by atoms with Crippen molar-refractivity contribution < 1.29 is 19.1 Å². The molecule has 0 radical (unpaired) electrons. The summed E-state index contributed by atoms with van der Waals surface area (Å²) in [6, 6.07) is 5.28. The van der Waals surface area contributed by atoms with Gasteiger partial charge in [0.05, 0.1) is 0 Å². The number of nitrogens with zero attached hydrogens (tertiary/aromatic N) is 1. The second-order valence-corrected chi connectivity index (χ2v) is 10.3. The van der Waals surface area contributed by atoms with E-state index in [0.29, 0.717) is 11.1 Å². The fourth-order valence-electron chi connectivity index (χ4n) is 3.28. The van der Waals surface area contributed by atoms with Crippen molar-refractivity contribution in [3.05, 3.63) is 35.4 Å². The molecule has 2 N–H and O–H groups in total. The summed E-state index contributed by atoms with van der Waals surface area (Å²) in [7, 11) is 0. The molecule has 0 aliphatic heterocycles. The molecule has 0 spiro atoms. The van der Waals surface area contributed by atoms with E-state index < -0.39 is 29.3 Å². The predicted octanol–water partition coefficient (Wildman–Crippen LogP) is 3.53. The molecule has 1 fully saturated rings. The fourth-order valence-corrected chi connectivity index (χ4v) is 3.28. The van der Waals surface area contributed by atoms with E-state index >= 15 is 0 Å². The number of carbonyl (C=O) groups excluding carboxylic acids is 3. The minimum absolute atomic E-state index is 0.0755. The van der Waals surface area contributed by atoms with E-state index in [0.717, 1.165) is 12.8 Å². The summed E-state index contributed by atoms with van der Waals surface area (Å²) in [6.45, 7) is 12.5. The minimum Gasteiger partial charge on any atom is -0.444 e. The second-order valence-electron chi connectivity index (χ2n) is 10.3. The molecule has 32 heavy (non-hydrogen) atoms. The number of ether oxygens (including phenoxy) is 1. The van der Waals surface area contributed by atoms with Crippen molar-refractivity contribution in [2.45, 2.75) is 90.6 Å². The first-order valence-electron chi connectivity index (χ1n) is 10.9. The molecule has 1 saturated carbocycles. The van der Waals surface area contributed by atoms with Crippen molar-refractivity contribution >= 4 is 17.9 Å². The molecule has 0 saturated heterocycles. The Morgan fingerprint density at radius 1 is 1.09 bits per heavy atom. The molecule has 1 aromatic rings. The van der Waals surface area contributed by atoms with E-state index in [4.69, 9.17) is 11.2 Å². The number of terminal acetylenes is 1. The monoisotopic (exact) mass is 441 g/mol. The summed E-state index contributed by atoms with van der Waals surface area (Å²) in [6.07, 6.45) is 6.39. The zero-order valence-electron chi connectivity index (χ0n) is 20.1. The highest BCUT2D eigenvalue weighted by Crippen LogP contribution is 2.36. The molecular formula is C25H35N3O4. The molecule has 7 nitrogen and oxygen atoms in total. The zero-order valence-corrected chi connectivity index (χ0v) is 20.1. The van der Waals surface area contributed by atoms with Crippen LogP contribution in [0.1, 0.15) is 78.5 Å². The lowest BCUT2D eigenvalue weighted by molar-refractivity contribution is -0.143. The smallest absolute Gasteiger partial charge is 0.408 e. The Hall–Kier alpha value is -3.01. The summed E-state index contributed by atoms with van der Waals surface area (Å²) in [5.41, 5.74) is 0.187. The molecule has 2 unspecified atom stereocenters. The number of alkyl carbamates (subject to hydrolysis) is 1. The lowest BCUT2D eigenvalue weighted by Gasteiger charge is -2.35. The van der Waals surface area contributed by atoms with Crippen molar-refractivity contribution in [3.8, 4) is 12.3 Å². The zero-order chi connectivity index (χ0) is 24.3. The van der Waals surface area contributed by atoms with Crippen molar-refractivity contribution in [2.24, 2.45) is 0 Å². The number of rotatable bonds is 6. The Balaban J connectivity index is 2.36. The topological polar surface area (TPSA) is 87.7 Å². The minimum atomic E-state index is -0.861. The van der Waals surface area contributed by atoms with Crippen molar-refractivity contribution in [3.63, 3.8) is 0 Å². The molecule has 2 rings (SSSR count). The van der Waals surface area contributed by atoms with E-state index in [9.17, 15) is 14.4 Å². The third kappa shape index (κ3) is 7.30. The highest BCUT2D eigenvalue weighted by molar-refractivity contribution is 5.92. The van der Waals surface area contributed by atoms with Gasteiger partial charge in [0.2, 0.25) is 11.8 Å². The van der Waals surface area contributed by atoms with Crippen molar-refractivity contribution in [1.29, 1.82) is 0 Å². The van der Waals surface area contributed by atoms with Gasteiger partial charge in [0.25, 0.3) is 0 Å².